The van der Waals surface area contributed by atoms with Gasteiger partial charge in [-0.15, -0.1) is 0 Å². The molecule has 5 nitrogen and oxygen atoms in total. The maximum Gasteiger partial charge on any atom is 0.256 e. The van der Waals surface area contributed by atoms with Gasteiger partial charge >= 0.3 is 0 Å². The number of carbonyl (C=O) groups excluding carboxylic acids is 1. The van der Waals surface area contributed by atoms with Crippen LogP contribution in [-0.4, -0.2) is 52.2 Å². The van der Waals surface area contributed by atoms with E-state index in [2.05, 4.69) is 27.4 Å². The van der Waals surface area contributed by atoms with Crippen LogP contribution in [0.25, 0.3) is 0 Å². The Labute approximate surface area is 141 Å². The topological polar surface area (TPSA) is 49.3 Å². The smallest absolute Gasteiger partial charge is 0.256 e. The van der Waals surface area contributed by atoms with E-state index in [9.17, 15) is 4.79 Å². The summed E-state index contributed by atoms with van der Waals surface area (Å²) >= 11 is 1.34. The summed E-state index contributed by atoms with van der Waals surface area (Å²) < 4.78 is 4.20. The Morgan fingerprint density at radius 3 is 3.00 bits per heavy atom. The van der Waals surface area contributed by atoms with E-state index in [1.165, 1.54) is 17.1 Å². The quantitative estimate of drug-likeness (QED) is 0.865. The molecule has 0 aliphatic carbocycles. The molecule has 3 rings (SSSR count). The van der Waals surface area contributed by atoms with Gasteiger partial charge in [0.05, 0.1) is 11.3 Å². The second-order valence-corrected chi connectivity index (χ2v) is 6.89. The number of nitrogens with zero attached hydrogens (tertiary/aromatic N) is 4. The van der Waals surface area contributed by atoms with Crippen LogP contribution in [0, 0.1) is 12.8 Å². The summed E-state index contributed by atoms with van der Waals surface area (Å²) in [6.45, 7) is 3.68. The third-order valence-electron chi connectivity index (χ3n) is 4.64. The Morgan fingerprint density at radius 1 is 1.52 bits per heavy atom. The molecule has 1 aliphatic heterocycles. The van der Waals surface area contributed by atoms with Crippen LogP contribution in [0.1, 0.15) is 34.1 Å². The normalized spacial score (nSPS) is 21.5. The Kier molecular flexibility index (Phi) is 4.73. The van der Waals surface area contributed by atoms with E-state index < -0.39 is 0 Å². The van der Waals surface area contributed by atoms with E-state index in [0.29, 0.717) is 12.0 Å². The van der Waals surface area contributed by atoms with Gasteiger partial charge in [-0.2, -0.15) is 4.37 Å². The van der Waals surface area contributed by atoms with Crippen molar-refractivity contribution in [2.45, 2.75) is 19.4 Å². The van der Waals surface area contributed by atoms with E-state index in [1.807, 2.05) is 36.5 Å². The van der Waals surface area contributed by atoms with Gasteiger partial charge in [-0.1, -0.05) is 6.07 Å². The van der Waals surface area contributed by atoms with Crippen molar-refractivity contribution in [3.63, 3.8) is 0 Å². The third kappa shape index (κ3) is 3.28. The molecule has 0 unspecified atom stereocenters. The molecule has 1 aliphatic rings. The number of aromatic nitrogens is 2. The minimum absolute atomic E-state index is 0.0655. The number of aryl methyl sites for hydroxylation is 1. The molecule has 2 aromatic rings. The Hall–Kier alpha value is -1.79. The van der Waals surface area contributed by atoms with Crippen LogP contribution in [0.15, 0.2) is 29.9 Å². The maximum absolute atomic E-state index is 12.6. The van der Waals surface area contributed by atoms with Crippen molar-refractivity contribution < 1.29 is 4.79 Å². The van der Waals surface area contributed by atoms with Crippen molar-refractivity contribution in [1.82, 2.24) is 19.2 Å². The summed E-state index contributed by atoms with van der Waals surface area (Å²) in [5.41, 5.74) is 2.77. The van der Waals surface area contributed by atoms with Gasteiger partial charge in [-0.25, -0.2) is 0 Å². The predicted molar refractivity (Wildman–Crippen MR) is 91.5 cm³/mol. The first-order chi connectivity index (χ1) is 11.1. The maximum atomic E-state index is 12.6. The molecule has 2 aromatic heterocycles. The van der Waals surface area contributed by atoms with Gasteiger partial charge in [0, 0.05) is 37.4 Å². The molecule has 0 radical (unpaired) electrons. The van der Waals surface area contributed by atoms with E-state index in [1.54, 1.807) is 6.20 Å². The van der Waals surface area contributed by atoms with Gasteiger partial charge in [0.25, 0.3) is 5.91 Å². The molecule has 1 amide bonds. The molecule has 6 heteroatoms. The van der Waals surface area contributed by atoms with Crippen molar-refractivity contribution >= 4 is 17.4 Å². The summed E-state index contributed by atoms with van der Waals surface area (Å²) in [7, 11) is 4.03. The van der Waals surface area contributed by atoms with Gasteiger partial charge in [0.1, 0.15) is 0 Å². The number of rotatable bonds is 4. The van der Waals surface area contributed by atoms with Crippen LogP contribution in [0.4, 0.5) is 0 Å². The standard InChI is InChI=1S/C17H22N4OS/c1-12-15(11-23-19-12)17(22)21(3)10-14-6-8-20(2)16(14)13-5-4-7-18-9-13/h4-5,7,9,11,14,16H,6,8,10H2,1-3H3/t14-,16-/m0/s1. The fraction of sp³-hybridized carbons (Fsp3) is 0.471. The molecule has 23 heavy (non-hydrogen) atoms. The fourth-order valence-corrected chi connectivity index (χ4v) is 4.12. The second kappa shape index (κ2) is 6.76. The molecule has 0 bridgehead atoms. The highest BCUT2D eigenvalue weighted by molar-refractivity contribution is 7.03. The summed E-state index contributed by atoms with van der Waals surface area (Å²) in [6, 6.07) is 4.43. The van der Waals surface area contributed by atoms with E-state index in [4.69, 9.17) is 0 Å². The second-order valence-electron chi connectivity index (χ2n) is 6.26. The third-order valence-corrected chi connectivity index (χ3v) is 5.36. The summed E-state index contributed by atoms with van der Waals surface area (Å²) in [5.74, 6) is 0.487. The molecule has 1 fully saturated rings. The molecule has 0 spiro atoms. The molecule has 3 heterocycles. The van der Waals surface area contributed by atoms with Gasteiger partial charge in [-0.3, -0.25) is 14.7 Å². The lowest BCUT2D eigenvalue weighted by Gasteiger charge is -2.28. The van der Waals surface area contributed by atoms with Crippen molar-refractivity contribution in [2.75, 3.05) is 27.2 Å². The fourth-order valence-electron chi connectivity index (χ4n) is 3.43. The van der Waals surface area contributed by atoms with Gasteiger partial charge in [-0.05, 0) is 56.0 Å². The highest BCUT2D eigenvalue weighted by Crippen LogP contribution is 2.36. The largest absolute Gasteiger partial charge is 0.341 e. The number of carbonyl (C=O) groups is 1. The van der Waals surface area contributed by atoms with Crippen LogP contribution < -0.4 is 0 Å². The van der Waals surface area contributed by atoms with E-state index in [0.717, 1.165) is 30.8 Å². The summed E-state index contributed by atoms with van der Waals surface area (Å²) in [5, 5.41) is 1.84. The zero-order valence-electron chi connectivity index (χ0n) is 13.8. The molecular weight excluding hydrogens is 308 g/mol. The molecular formula is C17H22N4OS. The Bertz CT molecular complexity index is 672. The van der Waals surface area contributed by atoms with Crippen LogP contribution in [0.3, 0.4) is 0 Å². The predicted octanol–water partition coefficient (Wildman–Crippen LogP) is 2.61. The molecule has 0 aromatic carbocycles. The summed E-state index contributed by atoms with van der Waals surface area (Å²) in [4.78, 5) is 21.1. The molecule has 1 saturated heterocycles. The van der Waals surface area contributed by atoms with Crippen molar-refractivity contribution in [2.24, 2.45) is 5.92 Å². The minimum Gasteiger partial charge on any atom is -0.341 e. The van der Waals surface area contributed by atoms with Crippen LogP contribution in [0.2, 0.25) is 0 Å². The minimum atomic E-state index is 0.0655. The first-order valence-corrected chi connectivity index (χ1v) is 8.68. The lowest BCUT2D eigenvalue weighted by atomic mass is 9.94. The van der Waals surface area contributed by atoms with Crippen LogP contribution >= 0.6 is 11.5 Å². The molecule has 122 valence electrons. The monoisotopic (exact) mass is 330 g/mol. The SMILES string of the molecule is Cc1nscc1C(=O)N(C)C[C@@H]1CCN(C)[C@H]1c1cccnc1. The van der Waals surface area contributed by atoms with E-state index >= 15 is 0 Å². The first kappa shape index (κ1) is 16.1. The van der Waals surface area contributed by atoms with Crippen LogP contribution in [-0.2, 0) is 0 Å². The number of amides is 1. The van der Waals surface area contributed by atoms with Crippen molar-refractivity contribution in [3.8, 4) is 0 Å². The van der Waals surface area contributed by atoms with Gasteiger partial charge in [0.15, 0.2) is 0 Å². The summed E-state index contributed by atoms with van der Waals surface area (Å²) in [6.07, 6.45) is 4.83. The molecule has 0 saturated carbocycles. The lowest BCUT2D eigenvalue weighted by molar-refractivity contribution is 0.0760. The van der Waals surface area contributed by atoms with E-state index in [-0.39, 0.29) is 5.91 Å². The average Bonchev–Trinajstić information content (AvgIpc) is 3.13. The average molecular weight is 330 g/mol. The first-order valence-electron chi connectivity index (χ1n) is 7.84. The number of hydrogen-bond donors (Lipinski definition) is 0. The van der Waals surface area contributed by atoms with Crippen molar-refractivity contribution in [3.05, 3.63) is 46.7 Å². The Balaban J connectivity index is 1.74. The number of likely N-dealkylation sites (tertiary alicyclic amines) is 1. The molecule has 0 N–H and O–H groups in total. The van der Waals surface area contributed by atoms with Crippen LogP contribution in [0.5, 0.6) is 0 Å². The van der Waals surface area contributed by atoms with Gasteiger partial charge < -0.3 is 4.90 Å². The molecule has 2 atom stereocenters. The zero-order valence-corrected chi connectivity index (χ0v) is 14.6. The van der Waals surface area contributed by atoms with Gasteiger partial charge in [0.2, 0.25) is 0 Å². The highest BCUT2D eigenvalue weighted by atomic mass is 32.1. The Morgan fingerprint density at radius 2 is 2.35 bits per heavy atom. The number of pyridine rings is 1. The van der Waals surface area contributed by atoms with Crippen molar-refractivity contribution in [1.29, 1.82) is 0 Å². The highest BCUT2D eigenvalue weighted by Gasteiger charge is 2.34. The number of hydrogen-bond acceptors (Lipinski definition) is 5. The lowest BCUT2D eigenvalue weighted by Crippen LogP contribution is -2.34. The zero-order chi connectivity index (χ0) is 16.4.